The first-order valence-corrected chi connectivity index (χ1v) is 10.5. The number of anilines is 1. The smallest absolute Gasteiger partial charge is 0.291 e. The van der Waals surface area contributed by atoms with Gasteiger partial charge in [-0.1, -0.05) is 12.1 Å². The minimum absolute atomic E-state index is 0.0230. The second-order valence-corrected chi connectivity index (χ2v) is 7.76. The number of fused-ring (bicyclic) bond motifs is 3. The molecule has 0 saturated heterocycles. The zero-order valence-corrected chi connectivity index (χ0v) is 18.2. The molecule has 7 heteroatoms. The summed E-state index contributed by atoms with van der Waals surface area (Å²) in [5.41, 5.74) is 3.98. The van der Waals surface area contributed by atoms with Crippen molar-refractivity contribution in [3.05, 3.63) is 95.7 Å². The van der Waals surface area contributed by atoms with Crippen molar-refractivity contribution in [2.45, 2.75) is 12.3 Å². The molecule has 5 rings (SSSR count). The Morgan fingerprint density at radius 1 is 1.03 bits per heavy atom. The summed E-state index contributed by atoms with van der Waals surface area (Å²) in [7, 11) is 3.13. The molecule has 1 aliphatic rings. The first-order chi connectivity index (χ1) is 16.1. The summed E-state index contributed by atoms with van der Waals surface area (Å²) in [5, 5.41) is 2.82. The average molecular weight is 442 g/mol. The zero-order chi connectivity index (χ0) is 22.9. The van der Waals surface area contributed by atoms with E-state index < -0.39 is 0 Å². The van der Waals surface area contributed by atoms with Gasteiger partial charge in [-0.3, -0.25) is 9.59 Å². The van der Waals surface area contributed by atoms with Gasteiger partial charge in [0.2, 0.25) is 0 Å². The van der Waals surface area contributed by atoms with E-state index in [1.54, 1.807) is 32.4 Å². The van der Waals surface area contributed by atoms with Gasteiger partial charge in [0.1, 0.15) is 0 Å². The number of aromatic nitrogens is 1. The summed E-state index contributed by atoms with van der Waals surface area (Å²) in [6.07, 6.45) is 3.72. The van der Waals surface area contributed by atoms with Gasteiger partial charge >= 0.3 is 0 Å². The monoisotopic (exact) mass is 442 g/mol. The van der Waals surface area contributed by atoms with E-state index in [0.717, 1.165) is 16.9 Å². The average Bonchev–Trinajstić information content (AvgIpc) is 3.53. The van der Waals surface area contributed by atoms with Crippen LogP contribution in [-0.4, -0.2) is 30.5 Å². The predicted octanol–water partition coefficient (Wildman–Crippen LogP) is 5.06. The Morgan fingerprint density at radius 3 is 2.48 bits per heavy atom. The number of nitrogens with zero attached hydrogens (tertiary/aromatic N) is 1. The van der Waals surface area contributed by atoms with Crippen molar-refractivity contribution in [3.63, 3.8) is 0 Å². The van der Waals surface area contributed by atoms with Gasteiger partial charge in [-0.15, -0.1) is 0 Å². The van der Waals surface area contributed by atoms with Crippen molar-refractivity contribution in [2.75, 3.05) is 19.5 Å². The Bertz CT molecular complexity index is 1320. The number of hydrogen-bond acceptors (Lipinski definition) is 5. The molecule has 0 radical (unpaired) electrons. The normalized spacial score (nSPS) is 14.7. The van der Waals surface area contributed by atoms with Crippen molar-refractivity contribution in [1.82, 2.24) is 4.57 Å². The Labute approximate surface area is 190 Å². The topological polar surface area (TPSA) is 82.7 Å². The van der Waals surface area contributed by atoms with Crippen molar-refractivity contribution in [3.8, 4) is 17.2 Å². The number of ether oxygens (including phenoxy) is 2. The van der Waals surface area contributed by atoms with Gasteiger partial charge in [-0.05, 0) is 48.0 Å². The third kappa shape index (κ3) is 3.67. The SMILES string of the molecule is COc1cc2c(cc1OC)-n1cccc1[C@H](c1ccc(NC(=O)c3ccco3)cc1)CC2=O. The largest absolute Gasteiger partial charge is 0.493 e. The summed E-state index contributed by atoms with van der Waals surface area (Å²) in [6.45, 7) is 0. The third-order valence-corrected chi connectivity index (χ3v) is 5.90. The number of amides is 1. The fraction of sp³-hybridized carbons (Fsp3) is 0.154. The summed E-state index contributed by atoms with van der Waals surface area (Å²) in [4.78, 5) is 25.5. The summed E-state index contributed by atoms with van der Waals surface area (Å²) in [6, 6.07) is 18.4. The highest BCUT2D eigenvalue weighted by molar-refractivity contribution is 6.02. The minimum atomic E-state index is -0.315. The Kier molecular flexibility index (Phi) is 5.22. The molecule has 0 bridgehead atoms. The molecule has 33 heavy (non-hydrogen) atoms. The van der Waals surface area contributed by atoms with Crippen LogP contribution in [0.2, 0.25) is 0 Å². The Balaban J connectivity index is 1.48. The van der Waals surface area contributed by atoms with E-state index in [1.165, 1.54) is 6.26 Å². The van der Waals surface area contributed by atoms with Gasteiger partial charge < -0.3 is 23.8 Å². The second kappa shape index (κ2) is 8.35. The number of rotatable bonds is 5. The van der Waals surface area contributed by atoms with Crippen LogP contribution in [0.1, 0.15) is 44.5 Å². The van der Waals surface area contributed by atoms with E-state index in [-0.39, 0.29) is 23.4 Å². The molecule has 0 unspecified atom stereocenters. The number of hydrogen-bond donors (Lipinski definition) is 1. The van der Waals surface area contributed by atoms with E-state index in [4.69, 9.17) is 13.9 Å². The van der Waals surface area contributed by atoms with Crippen LogP contribution >= 0.6 is 0 Å². The Morgan fingerprint density at radius 2 is 1.79 bits per heavy atom. The van der Waals surface area contributed by atoms with Crippen LogP contribution in [0.25, 0.3) is 5.69 Å². The standard InChI is InChI=1S/C26H22N2O5/c1-31-24-14-19-21(15-25(24)32-2)28-11-3-5-20(28)18(13-22(19)29)16-7-9-17(10-8-16)27-26(30)23-6-4-12-33-23/h3-12,14-15,18H,13H2,1-2H3,(H,27,30)/t18-/m0/s1. The molecule has 7 nitrogen and oxygen atoms in total. The van der Waals surface area contributed by atoms with Gasteiger partial charge in [0, 0.05) is 41.5 Å². The fourth-order valence-corrected chi connectivity index (χ4v) is 4.28. The lowest BCUT2D eigenvalue weighted by molar-refractivity contribution is 0.0976. The molecule has 1 atom stereocenters. The van der Waals surface area contributed by atoms with Crippen molar-refractivity contribution in [2.24, 2.45) is 0 Å². The van der Waals surface area contributed by atoms with E-state index in [9.17, 15) is 9.59 Å². The molecule has 2 aromatic heterocycles. The van der Waals surface area contributed by atoms with Crippen LogP contribution in [0.3, 0.4) is 0 Å². The molecule has 1 aliphatic heterocycles. The quantitative estimate of drug-likeness (QED) is 0.467. The number of carbonyl (C=O) groups excluding carboxylic acids is 2. The summed E-state index contributed by atoms with van der Waals surface area (Å²) < 4.78 is 18.0. The van der Waals surface area contributed by atoms with Crippen molar-refractivity contribution < 1.29 is 23.5 Å². The van der Waals surface area contributed by atoms with E-state index in [2.05, 4.69) is 5.32 Å². The van der Waals surface area contributed by atoms with Gasteiger partial charge in [0.15, 0.2) is 23.0 Å². The highest BCUT2D eigenvalue weighted by Crippen LogP contribution is 2.40. The maximum atomic E-state index is 13.3. The molecule has 2 aromatic carbocycles. The van der Waals surface area contributed by atoms with Gasteiger partial charge in [-0.2, -0.15) is 0 Å². The first-order valence-electron chi connectivity index (χ1n) is 10.5. The van der Waals surface area contributed by atoms with E-state index in [1.807, 2.05) is 53.2 Å². The molecular formula is C26H22N2O5. The van der Waals surface area contributed by atoms with Gasteiger partial charge in [0.25, 0.3) is 5.91 Å². The highest BCUT2D eigenvalue weighted by atomic mass is 16.5. The molecule has 0 fully saturated rings. The molecule has 1 amide bonds. The van der Waals surface area contributed by atoms with Crippen LogP contribution in [-0.2, 0) is 0 Å². The second-order valence-electron chi connectivity index (χ2n) is 7.76. The van der Waals surface area contributed by atoms with E-state index in [0.29, 0.717) is 29.2 Å². The maximum Gasteiger partial charge on any atom is 0.291 e. The number of benzene rings is 2. The number of Topliss-reactive ketones (excluding diaryl/α,β-unsaturated/α-hetero) is 1. The van der Waals surface area contributed by atoms with Gasteiger partial charge in [-0.25, -0.2) is 0 Å². The van der Waals surface area contributed by atoms with Crippen LogP contribution in [0.5, 0.6) is 11.5 Å². The number of carbonyl (C=O) groups is 2. The van der Waals surface area contributed by atoms with Crippen LogP contribution < -0.4 is 14.8 Å². The first kappa shape index (κ1) is 20.6. The summed E-state index contributed by atoms with van der Waals surface area (Å²) in [5.74, 6) is 0.897. The lowest BCUT2D eigenvalue weighted by atomic mass is 9.90. The molecule has 3 heterocycles. The van der Waals surface area contributed by atoms with Crippen LogP contribution in [0.15, 0.2) is 77.5 Å². The van der Waals surface area contributed by atoms with Crippen molar-refractivity contribution >= 4 is 17.4 Å². The lowest BCUT2D eigenvalue weighted by Gasteiger charge is -2.17. The number of ketones is 1. The molecule has 4 aromatic rings. The number of methoxy groups -OCH3 is 2. The molecule has 0 spiro atoms. The minimum Gasteiger partial charge on any atom is -0.493 e. The van der Waals surface area contributed by atoms with E-state index >= 15 is 0 Å². The number of nitrogens with one attached hydrogen (secondary N) is 1. The molecule has 0 aliphatic carbocycles. The lowest BCUT2D eigenvalue weighted by Crippen LogP contribution is -2.11. The third-order valence-electron chi connectivity index (χ3n) is 5.90. The Hall–Kier alpha value is -4.26. The van der Waals surface area contributed by atoms with Crippen LogP contribution in [0, 0.1) is 0 Å². The fourth-order valence-electron chi connectivity index (χ4n) is 4.28. The maximum absolute atomic E-state index is 13.3. The molecule has 0 saturated carbocycles. The number of furan rings is 1. The van der Waals surface area contributed by atoms with Crippen molar-refractivity contribution in [1.29, 1.82) is 0 Å². The summed E-state index contributed by atoms with van der Waals surface area (Å²) >= 11 is 0. The molecule has 166 valence electrons. The van der Waals surface area contributed by atoms with Crippen LogP contribution in [0.4, 0.5) is 5.69 Å². The molecular weight excluding hydrogens is 420 g/mol. The van der Waals surface area contributed by atoms with Gasteiger partial charge in [0.05, 0.1) is 26.2 Å². The zero-order valence-electron chi connectivity index (χ0n) is 18.2. The highest BCUT2D eigenvalue weighted by Gasteiger charge is 2.29. The molecule has 1 N–H and O–H groups in total. The predicted molar refractivity (Wildman–Crippen MR) is 123 cm³/mol.